The zero-order valence-corrected chi connectivity index (χ0v) is 17.5. The SMILES string of the molecule is CCC1CCCN(C(=O)CCCN2C(=O)c3ccccc3N3C(=O)CCC23C)C1. The molecule has 2 atom stereocenters. The summed E-state index contributed by atoms with van der Waals surface area (Å²) >= 11 is 0. The van der Waals surface area contributed by atoms with Crippen molar-refractivity contribution in [2.45, 2.75) is 64.5 Å². The first-order valence-electron chi connectivity index (χ1n) is 11.0. The summed E-state index contributed by atoms with van der Waals surface area (Å²) in [4.78, 5) is 44.1. The zero-order valence-electron chi connectivity index (χ0n) is 17.5. The molecule has 1 aromatic rings. The second kappa shape index (κ2) is 7.81. The smallest absolute Gasteiger partial charge is 0.257 e. The van der Waals surface area contributed by atoms with Gasteiger partial charge in [0.05, 0.1) is 11.3 Å². The second-order valence-corrected chi connectivity index (χ2v) is 8.78. The lowest BCUT2D eigenvalue weighted by molar-refractivity contribution is -0.133. The Hall–Kier alpha value is -2.37. The van der Waals surface area contributed by atoms with E-state index >= 15 is 0 Å². The molecule has 0 bridgehead atoms. The molecule has 6 heteroatoms. The fourth-order valence-corrected chi connectivity index (χ4v) is 5.21. The lowest BCUT2D eigenvalue weighted by Crippen LogP contribution is -2.62. The van der Waals surface area contributed by atoms with Gasteiger partial charge in [0.15, 0.2) is 0 Å². The molecule has 0 N–H and O–H groups in total. The molecule has 3 heterocycles. The summed E-state index contributed by atoms with van der Waals surface area (Å²) in [7, 11) is 0. The predicted octanol–water partition coefficient (Wildman–Crippen LogP) is 3.41. The van der Waals surface area contributed by atoms with Gasteiger partial charge in [-0.25, -0.2) is 0 Å². The predicted molar refractivity (Wildman–Crippen MR) is 111 cm³/mol. The van der Waals surface area contributed by atoms with Gasteiger partial charge >= 0.3 is 0 Å². The van der Waals surface area contributed by atoms with E-state index in [9.17, 15) is 14.4 Å². The molecule has 2 fully saturated rings. The Morgan fingerprint density at radius 1 is 1.24 bits per heavy atom. The van der Waals surface area contributed by atoms with Crippen LogP contribution in [0.4, 0.5) is 5.69 Å². The molecule has 2 saturated heterocycles. The number of anilines is 1. The van der Waals surface area contributed by atoms with Crippen molar-refractivity contribution in [3.63, 3.8) is 0 Å². The summed E-state index contributed by atoms with van der Waals surface area (Å²) in [5, 5.41) is 0. The molecule has 0 spiro atoms. The first-order chi connectivity index (χ1) is 14.0. The number of amides is 3. The molecule has 2 unspecified atom stereocenters. The first kappa shape index (κ1) is 19.9. The molecule has 0 radical (unpaired) electrons. The van der Waals surface area contributed by atoms with Gasteiger partial charge < -0.3 is 9.80 Å². The highest BCUT2D eigenvalue weighted by molar-refractivity contribution is 6.10. The maximum atomic E-state index is 13.2. The van der Waals surface area contributed by atoms with E-state index in [1.54, 1.807) is 11.0 Å². The molecular formula is C23H31N3O3. The number of benzene rings is 1. The Morgan fingerprint density at radius 3 is 2.83 bits per heavy atom. The number of fused-ring (bicyclic) bond motifs is 3. The van der Waals surface area contributed by atoms with Crippen LogP contribution in [0.25, 0.3) is 0 Å². The van der Waals surface area contributed by atoms with Gasteiger partial charge in [0, 0.05) is 32.5 Å². The molecule has 4 rings (SSSR count). The Bertz CT molecular complexity index is 823. The van der Waals surface area contributed by atoms with Crippen molar-refractivity contribution in [3.05, 3.63) is 29.8 Å². The van der Waals surface area contributed by atoms with Gasteiger partial charge in [-0.2, -0.15) is 0 Å². The maximum absolute atomic E-state index is 13.2. The number of para-hydroxylation sites is 1. The molecule has 3 aliphatic rings. The number of nitrogens with zero attached hydrogens (tertiary/aromatic N) is 3. The van der Waals surface area contributed by atoms with Gasteiger partial charge in [-0.3, -0.25) is 19.3 Å². The van der Waals surface area contributed by atoms with Crippen molar-refractivity contribution in [1.82, 2.24) is 9.80 Å². The molecule has 6 nitrogen and oxygen atoms in total. The molecule has 29 heavy (non-hydrogen) atoms. The normalized spacial score (nSPS) is 26.6. The number of hydrogen-bond acceptors (Lipinski definition) is 3. The third kappa shape index (κ3) is 3.43. The van der Waals surface area contributed by atoms with E-state index in [4.69, 9.17) is 0 Å². The van der Waals surface area contributed by atoms with E-state index in [0.29, 0.717) is 49.4 Å². The molecule has 3 amide bonds. The molecule has 1 aromatic carbocycles. The highest BCUT2D eigenvalue weighted by atomic mass is 16.2. The van der Waals surface area contributed by atoms with Crippen LogP contribution >= 0.6 is 0 Å². The van der Waals surface area contributed by atoms with Crippen molar-refractivity contribution in [3.8, 4) is 0 Å². The number of rotatable bonds is 5. The summed E-state index contributed by atoms with van der Waals surface area (Å²) in [5.74, 6) is 0.834. The van der Waals surface area contributed by atoms with Gasteiger partial charge in [0.1, 0.15) is 5.66 Å². The lowest BCUT2D eigenvalue weighted by Gasteiger charge is -2.48. The van der Waals surface area contributed by atoms with Crippen LogP contribution in [-0.4, -0.2) is 52.8 Å². The van der Waals surface area contributed by atoms with Crippen molar-refractivity contribution in [1.29, 1.82) is 0 Å². The Kier molecular flexibility index (Phi) is 5.36. The van der Waals surface area contributed by atoms with Gasteiger partial charge in [-0.1, -0.05) is 25.5 Å². The number of piperidine rings is 1. The number of likely N-dealkylation sites (tertiary alicyclic amines) is 1. The fourth-order valence-electron chi connectivity index (χ4n) is 5.21. The largest absolute Gasteiger partial charge is 0.342 e. The molecule has 156 valence electrons. The highest BCUT2D eigenvalue weighted by Gasteiger charge is 2.52. The number of carbonyl (C=O) groups excluding carboxylic acids is 3. The zero-order chi connectivity index (χ0) is 20.6. The van der Waals surface area contributed by atoms with Crippen LogP contribution in [0.2, 0.25) is 0 Å². The van der Waals surface area contributed by atoms with Crippen LogP contribution in [0, 0.1) is 5.92 Å². The van der Waals surface area contributed by atoms with Crippen LogP contribution < -0.4 is 4.90 Å². The van der Waals surface area contributed by atoms with Gasteiger partial charge in [-0.05, 0) is 50.7 Å². The van der Waals surface area contributed by atoms with Crippen LogP contribution in [0.15, 0.2) is 24.3 Å². The monoisotopic (exact) mass is 397 g/mol. The van der Waals surface area contributed by atoms with Gasteiger partial charge in [-0.15, -0.1) is 0 Å². The third-order valence-electron chi connectivity index (χ3n) is 6.97. The minimum atomic E-state index is -0.635. The van der Waals surface area contributed by atoms with Crippen molar-refractivity contribution < 1.29 is 14.4 Å². The summed E-state index contributed by atoms with van der Waals surface area (Å²) in [5.41, 5.74) is 0.659. The molecule has 0 aliphatic carbocycles. The quantitative estimate of drug-likeness (QED) is 0.765. The second-order valence-electron chi connectivity index (χ2n) is 8.78. The topological polar surface area (TPSA) is 60.9 Å². The summed E-state index contributed by atoms with van der Waals surface area (Å²) in [6.07, 6.45) is 5.56. The first-order valence-corrected chi connectivity index (χ1v) is 11.0. The van der Waals surface area contributed by atoms with E-state index < -0.39 is 5.66 Å². The van der Waals surface area contributed by atoms with E-state index in [1.165, 1.54) is 6.42 Å². The Balaban J connectivity index is 1.45. The van der Waals surface area contributed by atoms with E-state index in [1.807, 2.05) is 34.9 Å². The highest BCUT2D eigenvalue weighted by Crippen LogP contribution is 2.44. The average Bonchev–Trinajstić information content (AvgIpc) is 3.05. The average molecular weight is 398 g/mol. The van der Waals surface area contributed by atoms with E-state index in [-0.39, 0.29) is 17.7 Å². The Morgan fingerprint density at radius 2 is 2.03 bits per heavy atom. The van der Waals surface area contributed by atoms with Crippen LogP contribution in [0.1, 0.15) is 69.2 Å². The van der Waals surface area contributed by atoms with Crippen LogP contribution in [0.3, 0.4) is 0 Å². The Labute approximate surface area is 172 Å². The van der Waals surface area contributed by atoms with Crippen molar-refractivity contribution in [2.75, 3.05) is 24.5 Å². The standard InChI is InChI=1S/C23H31N3O3/c1-3-17-8-6-14-24(16-17)20(27)11-7-15-25-22(29)18-9-4-5-10-19(18)26-21(28)12-13-23(25,26)2/h4-5,9-10,17H,3,6-8,11-16H2,1-2H3. The fraction of sp³-hybridized carbons (Fsp3) is 0.609. The van der Waals surface area contributed by atoms with Crippen LogP contribution in [0.5, 0.6) is 0 Å². The molecular weight excluding hydrogens is 366 g/mol. The molecule has 0 aromatic heterocycles. The summed E-state index contributed by atoms with van der Waals surface area (Å²) in [6, 6.07) is 7.35. The molecule has 3 aliphatic heterocycles. The minimum absolute atomic E-state index is 0.0366. The van der Waals surface area contributed by atoms with Gasteiger partial charge in [0.2, 0.25) is 11.8 Å². The minimum Gasteiger partial charge on any atom is -0.342 e. The van der Waals surface area contributed by atoms with E-state index in [0.717, 1.165) is 25.9 Å². The number of carbonyl (C=O) groups is 3. The van der Waals surface area contributed by atoms with Crippen LogP contribution in [-0.2, 0) is 9.59 Å². The summed E-state index contributed by atoms with van der Waals surface area (Å²) in [6.45, 7) is 6.37. The van der Waals surface area contributed by atoms with Crippen molar-refractivity contribution in [2.24, 2.45) is 5.92 Å². The third-order valence-corrected chi connectivity index (χ3v) is 6.97. The molecule has 0 saturated carbocycles. The number of hydrogen-bond donors (Lipinski definition) is 0. The van der Waals surface area contributed by atoms with E-state index in [2.05, 4.69) is 6.92 Å². The maximum Gasteiger partial charge on any atom is 0.257 e. The lowest BCUT2D eigenvalue weighted by atomic mass is 9.95. The summed E-state index contributed by atoms with van der Waals surface area (Å²) < 4.78 is 0. The van der Waals surface area contributed by atoms with Gasteiger partial charge in [0.25, 0.3) is 5.91 Å². The van der Waals surface area contributed by atoms with Crippen molar-refractivity contribution >= 4 is 23.4 Å².